The van der Waals surface area contributed by atoms with Crippen LogP contribution in [0.15, 0.2) is 0 Å². The molecule has 0 fully saturated rings. The van der Waals surface area contributed by atoms with Crippen LogP contribution < -0.4 is 10.2 Å². The second-order valence-electron chi connectivity index (χ2n) is 7.48. The van der Waals surface area contributed by atoms with Gasteiger partial charge in [0, 0.05) is 24.8 Å². The zero-order valence-electron chi connectivity index (χ0n) is 13.9. The molecule has 21 heavy (non-hydrogen) atoms. The number of carboxylic acids is 2. The van der Waals surface area contributed by atoms with Crippen molar-refractivity contribution in [2.24, 2.45) is 0 Å². The summed E-state index contributed by atoms with van der Waals surface area (Å²) in [6.45, 7) is 0.906. The van der Waals surface area contributed by atoms with Crippen molar-refractivity contribution in [3.8, 4) is 0 Å². The molecule has 0 aromatic carbocycles. The van der Waals surface area contributed by atoms with Gasteiger partial charge in [0.1, 0.15) is 25.3 Å². The van der Waals surface area contributed by atoms with E-state index in [2.05, 4.69) is 0 Å². The summed E-state index contributed by atoms with van der Waals surface area (Å²) in [7, 11) is 11.5. The molecule has 7 nitrogen and oxygen atoms in total. The highest BCUT2D eigenvalue weighted by Gasteiger charge is 2.26. The highest BCUT2D eigenvalue weighted by Crippen LogP contribution is 2.12. The molecule has 2 atom stereocenters. The molecule has 0 bridgehead atoms. The van der Waals surface area contributed by atoms with Gasteiger partial charge in [-0.25, -0.2) is 0 Å². The highest BCUT2D eigenvalue weighted by atomic mass is 16.5. The predicted octanol–water partition coefficient (Wildman–Crippen LogP) is -2.57. The molecule has 0 aliphatic heterocycles. The van der Waals surface area contributed by atoms with Crippen LogP contribution in [0.25, 0.3) is 0 Å². The summed E-state index contributed by atoms with van der Waals surface area (Å²) < 4.78 is 6.78. The Bertz CT molecular complexity index is 323. The quantitative estimate of drug-likeness (QED) is 0.414. The molecule has 0 N–H and O–H groups in total. The first-order valence-electron chi connectivity index (χ1n) is 6.94. The Morgan fingerprint density at radius 2 is 1.10 bits per heavy atom. The average molecular weight is 304 g/mol. The molecule has 7 heteroatoms. The van der Waals surface area contributed by atoms with Gasteiger partial charge in [-0.05, 0) is 0 Å². The van der Waals surface area contributed by atoms with Gasteiger partial charge < -0.3 is 33.5 Å². The molecule has 2 unspecified atom stereocenters. The number of ether oxygens (including phenoxy) is 1. The number of rotatable bonds is 10. The maximum Gasteiger partial charge on any atom is 0.112 e. The molecule has 0 spiro atoms. The van der Waals surface area contributed by atoms with Crippen LogP contribution in [0.1, 0.15) is 12.8 Å². The summed E-state index contributed by atoms with van der Waals surface area (Å²) in [5.41, 5.74) is 0. The van der Waals surface area contributed by atoms with E-state index >= 15 is 0 Å². The SMILES string of the molecule is C[N+](C)(C)CC(CC(=O)[O-])OC(CC(=O)[O-])C[N+](C)(C)C. The molecule has 0 aromatic rings. The van der Waals surface area contributed by atoms with E-state index in [9.17, 15) is 19.8 Å². The molecule has 0 radical (unpaired) electrons. The fourth-order valence-corrected chi connectivity index (χ4v) is 2.18. The minimum Gasteiger partial charge on any atom is -0.550 e. The third kappa shape index (κ3) is 12.3. The maximum atomic E-state index is 10.9. The molecule has 0 saturated heterocycles. The van der Waals surface area contributed by atoms with Gasteiger partial charge in [-0.1, -0.05) is 0 Å². The van der Waals surface area contributed by atoms with Crippen molar-refractivity contribution in [3.63, 3.8) is 0 Å². The fourth-order valence-electron chi connectivity index (χ4n) is 2.18. The summed E-state index contributed by atoms with van der Waals surface area (Å²) >= 11 is 0. The largest absolute Gasteiger partial charge is 0.550 e. The van der Waals surface area contributed by atoms with Crippen LogP contribution in [0.3, 0.4) is 0 Å². The van der Waals surface area contributed by atoms with Crippen LogP contribution in [0.5, 0.6) is 0 Å². The third-order valence-electron chi connectivity index (χ3n) is 2.68. The number of nitrogens with zero attached hydrogens (tertiary/aromatic N) is 2. The van der Waals surface area contributed by atoms with Gasteiger partial charge in [0.25, 0.3) is 0 Å². The molecule has 124 valence electrons. The number of aliphatic carboxylic acids is 2. The van der Waals surface area contributed by atoms with Gasteiger partial charge in [0.2, 0.25) is 0 Å². The lowest BCUT2D eigenvalue weighted by Gasteiger charge is -2.34. The number of hydrogen-bond donors (Lipinski definition) is 0. The summed E-state index contributed by atoms with van der Waals surface area (Å²) in [6, 6.07) is 0. The van der Waals surface area contributed by atoms with E-state index in [1.807, 2.05) is 42.3 Å². The normalized spacial score (nSPS) is 15.5. The van der Waals surface area contributed by atoms with Gasteiger partial charge in [0.05, 0.1) is 42.3 Å². The lowest BCUT2D eigenvalue weighted by atomic mass is 10.2. The number of likely N-dealkylation sites (N-methyl/N-ethyl adjacent to an activating group) is 2. The van der Waals surface area contributed by atoms with Crippen molar-refractivity contribution >= 4 is 11.9 Å². The molecule has 0 rings (SSSR count). The van der Waals surface area contributed by atoms with Crippen molar-refractivity contribution < 1.29 is 33.5 Å². The Hall–Kier alpha value is -1.18. The summed E-state index contributed by atoms with van der Waals surface area (Å²) in [5.74, 6) is -2.41. The van der Waals surface area contributed by atoms with Crippen LogP contribution in [-0.2, 0) is 14.3 Å². The maximum absolute atomic E-state index is 10.9. The smallest absolute Gasteiger partial charge is 0.112 e. The Morgan fingerprint density at radius 1 is 0.810 bits per heavy atom. The molecule has 0 heterocycles. The molecule has 0 saturated carbocycles. The Labute approximate surface area is 126 Å². The van der Waals surface area contributed by atoms with Gasteiger partial charge in [-0.15, -0.1) is 0 Å². The van der Waals surface area contributed by atoms with Crippen LogP contribution in [-0.4, -0.2) is 88.5 Å². The molecular formula is C14H28N2O5. The van der Waals surface area contributed by atoms with E-state index in [0.29, 0.717) is 22.1 Å². The zero-order valence-corrected chi connectivity index (χ0v) is 13.9. The van der Waals surface area contributed by atoms with Crippen molar-refractivity contribution in [2.45, 2.75) is 25.0 Å². The monoisotopic (exact) mass is 304 g/mol. The molecule has 0 amide bonds. The summed E-state index contributed by atoms with van der Waals surface area (Å²) in [4.78, 5) is 21.7. The fraction of sp³-hybridized carbons (Fsp3) is 0.857. The Kier molecular flexibility index (Phi) is 7.29. The third-order valence-corrected chi connectivity index (χ3v) is 2.68. The van der Waals surface area contributed by atoms with Crippen molar-refractivity contribution in [1.29, 1.82) is 0 Å². The minimum absolute atomic E-state index is 0.254. The first-order chi connectivity index (χ1) is 9.28. The number of carboxylic acid groups (broad SMARTS) is 2. The van der Waals surface area contributed by atoms with Crippen molar-refractivity contribution in [3.05, 3.63) is 0 Å². The zero-order chi connectivity index (χ0) is 16.8. The van der Waals surface area contributed by atoms with Crippen molar-refractivity contribution in [2.75, 3.05) is 55.4 Å². The van der Waals surface area contributed by atoms with Crippen LogP contribution in [0.4, 0.5) is 0 Å². The van der Waals surface area contributed by atoms with E-state index < -0.39 is 24.1 Å². The first-order valence-corrected chi connectivity index (χ1v) is 6.94. The number of carbonyl (C=O) groups excluding carboxylic acids is 2. The first kappa shape index (κ1) is 19.8. The van der Waals surface area contributed by atoms with Crippen LogP contribution >= 0.6 is 0 Å². The Balaban J connectivity index is 4.91. The van der Waals surface area contributed by atoms with E-state index in [0.717, 1.165) is 0 Å². The van der Waals surface area contributed by atoms with E-state index in [1.54, 1.807) is 0 Å². The van der Waals surface area contributed by atoms with Crippen LogP contribution in [0, 0.1) is 0 Å². The van der Waals surface area contributed by atoms with E-state index in [4.69, 9.17) is 4.74 Å². The van der Waals surface area contributed by atoms with Gasteiger partial charge in [-0.2, -0.15) is 0 Å². The van der Waals surface area contributed by atoms with Gasteiger partial charge in [0.15, 0.2) is 0 Å². The summed E-state index contributed by atoms with van der Waals surface area (Å²) in [6.07, 6.45) is -1.69. The molecule has 0 aliphatic rings. The number of hydrogen-bond acceptors (Lipinski definition) is 5. The lowest BCUT2D eigenvalue weighted by molar-refractivity contribution is -0.878. The summed E-state index contributed by atoms with van der Waals surface area (Å²) in [5, 5.41) is 21.7. The standard InChI is InChI=1S/C14H28N2O5/c1-15(2,3)9-11(7-13(17)18)21-12(8-14(19)20)10-16(4,5)6/h11-12H,7-10H2,1-6H3. The minimum atomic E-state index is -1.20. The van der Waals surface area contributed by atoms with E-state index in [1.165, 1.54) is 0 Å². The van der Waals surface area contributed by atoms with Gasteiger partial charge in [-0.3, -0.25) is 0 Å². The lowest BCUT2D eigenvalue weighted by Crippen LogP contribution is -2.49. The topological polar surface area (TPSA) is 89.5 Å². The Morgan fingerprint density at radius 3 is 1.29 bits per heavy atom. The predicted molar refractivity (Wildman–Crippen MR) is 73.7 cm³/mol. The average Bonchev–Trinajstić information content (AvgIpc) is 2.07. The van der Waals surface area contributed by atoms with Gasteiger partial charge >= 0.3 is 0 Å². The number of quaternary nitrogens is 2. The van der Waals surface area contributed by atoms with E-state index in [-0.39, 0.29) is 12.8 Å². The number of carbonyl (C=O) groups is 2. The second kappa shape index (κ2) is 7.72. The van der Waals surface area contributed by atoms with Crippen LogP contribution in [0.2, 0.25) is 0 Å². The molecule has 0 aliphatic carbocycles. The highest BCUT2D eigenvalue weighted by molar-refractivity contribution is 5.65. The molecule has 0 aromatic heterocycles. The van der Waals surface area contributed by atoms with Crippen molar-refractivity contribution in [1.82, 2.24) is 0 Å². The molecular weight excluding hydrogens is 276 g/mol. The second-order valence-corrected chi connectivity index (χ2v) is 7.48.